The lowest BCUT2D eigenvalue weighted by Crippen LogP contribution is -2.40. The molecule has 4 N–H and O–H groups in total. The number of aryl methyl sites for hydroxylation is 2. The first-order valence-corrected chi connectivity index (χ1v) is 11.7. The molecule has 3 heterocycles. The Morgan fingerprint density at radius 2 is 1.97 bits per heavy atom. The van der Waals surface area contributed by atoms with Gasteiger partial charge in [0.1, 0.15) is 0 Å². The molecule has 0 radical (unpaired) electrons. The van der Waals surface area contributed by atoms with Crippen molar-refractivity contribution in [3.63, 3.8) is 0 Å². The minimum Gasteiger partial charge on any atom is -0.504 e. The molecule has 1 saturated heterocycles. The zero-order valence-corrected chi connectivity index (χ0v) is 19.5. The summed E-state index contributed by atoms with van der Waals surface area (Å²) in [5.41, 5.74) is 4.54. The van der Waals surface area contributed by atoms with Crippen LogP contribution >= 0.6 is 0 Å². The van der Waals surface area contributed by atoms with Crippen molar-refractivity contribution in [2.45, 2.75) is 44.7 Å². The van der Waals surface area contributed by atoms with Gasteiger partial charge in [-0.15, -0.1) is 0 Å². The van der Waals surface area contributed by atoms with E-state index >= 15 is 0 Å². The number of benzene rings is 1. The largest absolute Gasteiger partial charge is 0.511 e. The predicted molar refractivity (Wildman–Crippen MR) is 129 cm³/mol. The standard InChI is InChI=1S/C25H30N4O5/c1-28-8-6-16(7-9-28)26-13-17-10-15-11-19-14(12-20(15)29(17)2)4-3-5-18-21(19)27-24(31)23(22(18)30)34-25(32)33/h10-12,16,26H,3-9,13H2,1-2H3,(H,32,33)(H2,27,30,31). The molecule has 3 aromatic rings. The molecule has 9 heteroatoms. The fourth-order valence-electron chi connectivity index (χ4n) is 5.28. The Bertz CT molecular complexity index is 1320. The smallest absolute Gasteiger partial charge is 0.504 e. The summed E-state index contributed by atoms with van der Waals surface area (Å²) in [5.74, 6) is -0.970. The lowest BCUT2D eigenvalue weighted by molar-refractivity contribution is 0.142. The van der Waals surface area contributed by atoms with Crippen LogP contribution in [0.2, 0.25) is 0 Å². The molecule has 0 bridgehead atoms. The summed E-state index contributed by atoms with van der Waals surface area (Å²) in [5, 5.41) is 24.3. The van der Waals surface area contributed by atoms with E-state index < -0.39 is 23.2 Å². The molecule has 1 aliphatic heterocycles. The highest BCUT2D eigenvalue weighted by Crippen LogP contribution is 2.40. The van der Waals surface area contributed by atoms with Crippen LogP contribution in [0.4, 0.5) is 4.79 Å². The van der Waals surface area contributed by atoms with Gasteiger partial charge in [-0.05, 0) is 76.0 Å². The number of aromatic amines is 1. The van der Waals surface area contributed by atoms with Gasteiger partial charge >= 0.3 is 6.16 Å². The zero-order valence-electron chi connectivity index (χ0n) is 19.5. The Balaban J connectivity index is 1.51. The number of hydrogen-bond acceptors (Lipinski definition) is 6. The Labute approximate surface area is 197 Å². The average Bonchev–Trinajstić information content (AvgIpc) is 2.99. The van der Waals surface area contributed by atoms with E-state index in [0.717, 1.165) is 67.3 Å². The number of hydrogen-bond donors (Lipinski definition) is 4. The quantitative estimate of drug-likeness (QED) is 0.437. The summed E-state index contributed by atoms with van der Waals surface area (Å²) in [4.78, 5) is 28.6. The minimum atomic E-state index is -1.64. The number of nitrogens with one attached hydrogen (secondary N) is 2. The molecule has 180 valence electrons. The highest BCUT2D eigenvalue weighted by atomic mass is 16.7. The van der Waals surface area contributed by atoms with E-state index in [-0.39, 0.29) is 0 Å². The van der Waals surface area contributed by atoms with Gasteiger partial charge in [-0.2, -0.15) is 0 Å². The van der Waals surface area contributed by atoms with Gasteiger partial charge in [0.2, 0.25) is 5.75 Å². The third-order valence-electron chi connectivity index (χ3n) is 7.24. The lowest BCUT2D eigenvalue weighted by Gasteiger charge is -2.29. The average molecular weight is 467 g/mol. The molecule has 0 amide bonds. The number of ether oxygens (including phenoxy) is 1. The van der Waals surface area contributed by atoms with Gasteiger partial charge in [0.25, 0.3) is 5.56 Å². The van der Waals surface area contributed by atoms with Crippen LogP contribution < -0.4 is 15.6 Å². The van der Waals surface area contributed by atoms with Crippen molar-refractivity contribution in [1.82, 2.24) is 19.8 Å². The van der Waals surface area contributed by atoms with Crippen LogP contribution in [0, 0.1) is 0 Å². The second-order valence-corrected chi connectivity index (χ2v) is 9.43. The SMILES string of the molecule is CN1CCC(NCc2cc3cc4c(cc3n2C)CCCc2c-4[nH]c(=O)c(OC(=O)O)c2O)CC1. The third-order valence-corrected chi connectivity index (χ3v) is 7.24. The molecule has 2 aliphatic rings. The van der Waals surface area contributed by atoms with Crippen molar-refractivity contribution in [2.24, 2.45) is 7.05 Å². The fourth-order valence-corrected chi connectivity index (χ4v) is 5.28. The van der Waals surface area contributed by atoms with Gasteiger partial charge in [-0.1, -0.05) is 0 Å². The Hall–Kier alpha value is -3.30. The summed E-state index contributed by atoms with van der Waals surface area (Å²) in [7, 11) is 4.24. The maximum Gasteiger partial charge on any atom is 0.511 e. The van der Waals surface area contributed by atoms with Gasteiger partial charge in [0.05, 0.1) is 5.69 Å². The number of carboxylic acid groups (broad SMARTS) is 1. The van der Waals surface area contributed by atoms with Crippen molar-refractivity contribution in [2.75, 3.05) is 20.1 Å². The highest BCUT2D eigenvalue weighted by molar-refractivity contribution is 5.89. The number of rotatable bonds is 4. The van der Waals surface area contributed by atoms with Crippen molar-refractivity contribution >= 4 is 17.1 Å². The van der Waals surface area contributed by atoms with Gasteiger partial charge in [0, 0.05) is 47.4 Å². The summed E-state index contributed by atoms with van der Waals surface area (Å²) in [6.45, 7) is 3.01. The third kappa shape index (κ3) is 4.05. The maximum atomic E-state index is 12.5. The Kier molecular flexibility index (Phi) is 5.83. The minimum absolute atomic E-state index is 0.398. The van der Waals surface area contributed by atoms with Crippen LogP contribution in [-0.4, -0.2) is 57.0 Å². The molecule has 0 unspecified atom stereocenters. The van der Waals surface area contributed by atoms with Crippen LogP contribution in [0.5, 0.6) is 11.5 Å². The van der Waals surface area contributed by atoms with Crippen LogP contribution in [0.25, 0.3) is 22.2 Å². The number of piperidine rings is 1. The number of likely N-dealkylation sites (tertiary alicyclic amines) is 1. The molecule has 9 nitrogen and oxygen atoms in total. The number of fused-ring (bicyclic) bond motifs is 4. The maximum absolute atomic E-state index is 12.5. The van der Waals surface area contributed by atoms with Crippen molar-refractivity contribution < 1.29 is 19.7 Å². The number of nitrogens with zero attached hydrogens (tertiary/aromatic N) is 2. The molecule has 34 heavy (non-hydrogen) atoms. The first-order chi connectivity index (χ1) is 16.3. The summed E-state index contributed by atoms with van der Waals surface area (Å²) in [6, 6.07) is 6.91. The normalized spacial score (nSPS) is 16.8. The second kappa shape index (κ2) is 8.81. The summed E-state index contributed by atoms with van der Waals surface area (Å²) in [6.07, 6.45) is 2.70. The van der Waals surface area contributed by atoms with Crippen molar-refractivity contribution in [3.05, 3.63) is 45.4 Å². The number of H-pyrrole nitrogens is 1. The number of carbonyl (C=O) groups is 1. The van der Waals surface area contributed by atoms with Crippen LogP contribution in [0.3, 0.4) is 0 Å². The zero-order chi connectivity index (χ0) is 24.0. The first kappa shape index (κ1) is 22.5. The lowest BCUT2D eigenvalue weighted by atomic mass is 9.99. The molecule has 2 aromatic heterocycles. The van der Waals surface area contributed by atoms with E-state index in [1.54, 1.807) is 0 Å². The van der Waals surface area contributed by atoms with E-state index in [4.69, 9.17) is 5.11 Å². The van der Waals surface area contributed by atoms with Gasteiger partial charge < -0.3 is 34.7 Å². The van der Waals surface area contributed by atoms with Gasteiger partial charge in [-0.25, -0.2) is 4.79 Å². The van der Waals surface area contributed by atoms with Crippen molar-refractivity contribution in [3.8, 4) is 22.8 Å². The molecule has 1 fully saturated rings. The fraction of sp³-hybridized carbons (Fsp3) is 0.440. The number of aromatic hydroxyl groups is 1. The van der Waals surface area contributed by atoms with Crippen LogP contribution in [-0.2, 0) is 26.4 Å². The van der Waals surface area contributed by atoms with Gasteiger partial charge in [0.15, 0.2) is 5.75 Å². The van der Waals surface area contributed by atoms with Crippen LogP contribution in [0.15, 0.2) is 23.0 Å². The van der Waals surface area contributed by atoms with Gasteiger partial charge in [-0.3, -0.25) is 4.79 Å². The van der Waals surface area contributed by atoms with Crippen molar-refractivity contribution in [1.29, 1.82) is 0 Å². The highest BCUT2D eigenvalue weighted by Gasteiger charge is 2.25. The summed E-state index contributed by atoms with van der Waals surface area (Å²) < 4.78 is 6.77. The van der Waals surface area contributed by atoms with E-state index in [2.05, 4.69) is 56.8 Å². The molecule has 0 atom stereocenters. The molecule has 1 aromatic carbocycles. The van der Waals surface area contributed by atoms with E-state index in [0.29, 0.717) is 23.7 Å². The van der Waals surface area contributed by atoms with E-state index in [1.807, 2.05) is 0 Å². The first-order valence-electron chi connectivity index (χ1n) is 11.7. The molecular formula is C25H30N4O5. The Morgan fingerprint density at radius 3 is 2.71 bits per heavy atom. The molecule has 0 spiro atoms. The number of pyridine rings is 1. The Morgan fingerprint density at radius 1 is 1.21 bits per heavy atom. The monoisotopic (exact) mass is 466 g/mol. The molecular weight excluding hydrogens is 436 g/mol. The topological polar surface area (TPSA) is 120 Å². The van der Waals surface area contributed by atoms with E-state index in [9.17, 15) is 14.7 Å². The summed E-state index contributed by atoms with van der Waals surface area (Å²) >= 11 is 0. The molecule has 5 rings (SSSR count). The predicted octanol–water partition coefficient (Wildman–Crippen LogP) is 2.97. The van der Waals surface area contributed by atoms with E-state index in [1.165, 1.54) is 5.69 Å². The number of aromatic nitrogens is 2. The van der Waals surface area contributed by atoms with Crippen LogP contribution in [0.1, 0.15) is 36.1 Å². The molecule has 0 saturated carbocycles. The molecule has 1 aliphatic carbocycles. The second-order valence-electron chi connectivity index (χ2n) is 9.43.